The fourth-order valence-corrected chi connectivity index (χ4v) is 5.04. The molecule has 39 heavy (non-hydrogen) atoms. The number of ether oxygens (including phenoxy) is 1. The number of aromatic nitrogens is 3. The van der Waals surface area contributed by atoms with Gasteiger partial charge in [-0.05, 0) is 55.0 Å². The van der Waals surface area contributed by atoms with Gasteiger partial charge in [-0.25, -0.2) is 4.39 Å². The lowest BCUT2D eigenvalue weighted by molar-refractivity contribution is -0.128. The third-order valence-electron chi connectivity index (χ3n) is 6.38. The Kier molecular flexibility index (Phi) is 7.92. The summed E-state index contributed by atoms with van der Waals surface area (Å²) in [5.41, 5.74) is 2.23. The van der Waals surface area contributed by atoms with Gasteiger partial charge in [0.25, 0.3) is 5.91 Å². The number of carbonyl (C=O) groups excluding carboxylic acids is 2. The number of rotatable bonds is 9. The normalized spacial score (nSPS) is 13.2. The summed E-state index contributed by atoms with van der Waals surface area (Å²) in [6, 6.07) is 15.4. The molecule has 1 saturated heterocycles. The van der Waals surface area contributed by atoms with Gasteiger partial charge >= 0.3 is 0 Å². The third-order valence-corrected chi connectivity index (χ3v) is 7.65. The summed E-state index contributed by atoms with van der Waals surface area (Å²) in [5, 5.41) is 13.1. The van der Waals surface area contributed by atoms with Gasteiger partial charge < -0.3 is 15.0 Å². The summed E-state index contributed by atoms with van der Waals surface area (Å²) < 4.78 is 20.2. The zero-order valence-electron chi connectivity index (χ0n) is 21.7. The molecular weight excluding hydrogens is 517 g/mol. The minimum absolute atomic E-state index is 0.0443. The Labute approximate surface area is 229 Å². The number of nitrogens with zero attached hydrogens (tertiary/aromatic N) is 4. The van der Waals surface area contributed by atoms with Gasteiger partial charge in [-0.1, -0.05) is 31.3 Å². The van der Waals surface area contributed by atoms with Crippen LogP contribution in [0.25, 0.3) is 10.6 Å². The first kappa shape index (κ1) is 26.4. The van der Waals surface area contributed by atoms with Crippen molar-refractivity contribution in [2.45, 2.75) is 45.7 Å². The smallest absolute Gasteiger partial charge is 0.251 e. The molecule has 0 bridgehead atoms. The van der Waals surface area contributed by atoms with Crippen LogP contribution < -0.4 is 10.1 Å². The van der Waals surface area contributed by atoms with E-state index in [2.05, 4.69) is 34.3 Å². The molecule has 0 atom stereocenters. The Balaban J connectivity index is 1.36. The number of carbonyl (C=O) groups is 2. The molecule has 0 radical (unpaired) electrons. The Morgan fingerprint density at radius 3 is 2.67 bits per heavy atom. The molecule has 10 heteroatoms. The SMILES string of the molecule is CC(C)c1nnc(-c2ccc(Oc3cc(C(=O)NCc4ncccc4F)ccc3CN3CCCC3=O)cc2)s1. The van der Waals surface area contributed by atoms with E-state index in [1.807, 2.05) is 24.3 Å². The number of nitrogens with one attached hydrogen (secondary N) is 1. The van der Waals surface area contributed by atoms with E-state index in [0.29, 0.717) is 42.5 Å². The summed E-state index contributed by atoms with van der Waals surface area (Å²) in [6.45, 7) is 5.19. The molecule has 0 aliphatic carbocycles. The summed E-state index contributed by atoms with van der Waals surface area (Å²) in [6.07, 6.45) is 2.84. The highest BCUT2D eigenvalue weighted by atomic mass is 32.1. The van der Waals surface area contributed by atoms with E-state index in [-0.39, 0.29) is 24.1 Å². The molecule has 0 spiro atoms. The van der Waals surface area contributed by atoms with E-state index >= 15 is 0 Å². The first-order chi connectivity index (χ1) is 18.9. The highest BCUT2D eigenvalue weighted by Crippen LogP contribution is 2.32. The monoisotopic (exact) mass is 545 g/mol. The molecule has 2 amide bonds. The van der Waals surface area contributed by atoms with E-state index in [1.165, 1.54) is 18.3 Å². The second-order valence-electron chi connectivity index (χ2n) is 9.58. The van der Waals surface area contributed by atoms with Crippen molar-refractivity contribution in [1.82, 2.24) is 25.4 Å². The first-order valence-corrected chi connectivity index (χ1v) is 13.6. The van der Waals surface area contributed by atoms with Gasteiger partial charge in [0.1, 0.15) is 27.3 Å². The van der Waals surface area contributed by atoms with Crippen LogP contribution in [-0.4, -0.2) is 38.4 Å². The minimum atomic E-state index is -0.482. The molecule has 0 unspecified atom stereocenters. The summed E-state index contributed by atoms with van der Waals surface area (Å²) in [7, 11) is 0. The number of hydrogen-bond donors (Lipinski definition) is 1. The van der Waals surface area contributed by atoms with Gasteiger partial charge in [0.15, 0.2) is 0 Å². The van der Waals surface area contributed by atoms with Crippen LogP contribution in [0.4, 0.5) is 4.39 Å². The predicted octanol–water partition coefficient (Wildman–Crippen LogP) is 5.71. The highest BCUT2D eigenvalue weighted by Gasteiger charge is 2.22. The highest BCUT2D eigenvalue weighted by molar-refractivity contribution is 7.14. The molecule has 0 saturated carbocycles. The van der Waals surface area contributed by atoms with Gasteiger partial charge in [0.2, 0.25) is 5.91 Å². The second-order valence-corrected chi connectivity index (χ2v) is 10.6. The van der Waals surface area contributed by atoms with Gasteiger partial charge in [-0.3, -0.25) is 14.6 Å². The van der Waals surface area contributed by atoms with E-state index < -0.39 is 5.82 Å². The Hall–Kier alpha value is -4.18. The Bertz CT molecular complexity index is 1490. The Morgan fingerprint density at radius 1 is 1.15 bits per heavy atom. The standard InChI is InChI=1S/C29H28FN5O3S/c1-18(2)28-33-34-29(39-28)19-9-11-22(12-10-19)38-25-15-20(7-8-21(25)17-35-14-4-6-26(35)36)27(37)32-16-24-23(30)5-3-13-31-24/h3,5,7-13,15,18H,4,6,14,16-17H2,1-2H3,(H,32,37). The maximum Gasteiger partial charge on any atom is 0.251 e. The van der Waals surface area contributed by atoms with Crippen LogP contribution in [0.3, 0.4) is 0 Å². The predicted molar refractivity (Wildman–Crippen MR) is 146 cm³/mol. The van der Waals surface area contributed by atoms with Crippen LogP contribution in [0.1, 0.15) is 59.2 Å². The van der Waals surface area contributed by atoms with Crippen molar-refractivity contribution < 1.29 is 18.7 Å². The number of halogens is 1. The largest absolute Gasteiger partial charge is 0.457 e. The molecule has 5 rings (SSSR count). The quantitative estimate of drug-likeness (QED) is 0.290. The van der Waals surface area contributed by atoms with Crippen LogP contribution in [0.15, 0.2) is 60.8 Å². The van der Waals surface area contributed by atoms with Crippen molar-refractivity contribution in [1.29, 1.82) is 0 Å². The molecule has 1 fully saturated rings. The van der Waals surface area contributed by atoms with Crippen molar-refractivity contribution in [3.05, 3.63) is 88.4 Å². The van der Waals surface area contributed by atoms with Crippen LogP contribution in [0, 0.1) is 5.82 Å². The number of likely N-dealkylation sites (tertiary alicyclic amines) is 1. The molecule has 2 aromatic carbocycles. The van der Waals surface area contributed by atoms with Gasteiger partial charge in [-0.15, -0.1) is 10.2 Å². The topological polar surface area (TPSA) is 97.3 Å². The average Bonchev–Trinajstić information content (AvgIpc) is 3.59. The Morgan fingerprint density at radius 2 is 1.97 bits per heavy atom. The maximum atomic E-state index is 13.9. The van der Waals surface area contributed by atoms with Crippen molar-refractivity contribution >= 4 is 23.2 Å². The lowest BCUT2D eigenvalue weighted by Crippen LogP contribution is -2.25. The van der Waals surface area contributed by atoms with Crippen molar-refractivity contribution in [2.75, 3.05) is 6.54 Å². The molecule has 1 aliphatic rings. The van der Waals surface area contributed by atoms with Crippen LogP contribution in [0.5, 0.6) is 11.5 Å². The molecular formula is C29H28FN5O3S. The van der Waals surface area contributed by atoms with E-state index in [0.717, 1.165) is 27.6 Å². The maximum absolute atomic E-state index is 13.9. The second kappa shape index (κ2) is 11.7. The number of hydrogen-bond acceptors (Lipinski definition) is 7. The van der Waals surface area contributed by atoms with Gasteiger partial charge in [0.05, 0.1) is 12.2 Å². The fourth-order valence-electron chi connectivity index (χ4n) is 4.19. The van der Waals surface area contributed by atoms with Gasteiger partial charge in [-0.2, -0.15) is 0 Å². The zero-order valence-corrected chi connectivity index (χ0v) is 22.5. The lowest BCUT2D eigenvalue weighted by atomic mass is 10.1. The molecule has 8 nitrogen and oxygen atoms in total. The third kappa shape index (κ3) is 6.28. The molecule has 2 aromatic heterocycles. The zero-order chi connectivity index (χ0) is 27.4. The van der Waals surface area contributed by atoms with Crippen LogP contribution in [-0.2, 0) is 17.9 Å². The number of amides is 2. The summed E-state index contributed by atoms with van der Waals surface area (Å²) in [5.74, 6) is 0.590. The van der Waals surface area contributed by atoms with Crippen LogP contribution >= 0.6 is 11.3 Å². The van der Waals surface area contributed by atoms with E-state index in [4.69, 9.17) is 4.74 Å². The summed E-state index contributed by atoms with van der Waals surface area (Å²) >= 11 is 1.56. The van der Waals surface area contributed by atoms with Crippen molar-refractivity contribution in [3.8, 4) is 22.1 Å². The van der Waals surface area contributed by atoms with Gasteiger partial charge in [0, 0.05) is 48.3 Å². The number of pyridine rings is 1. The summed E-state index contributed by atoms with van der Waals surface area (Å²) in [4.78, 5) is 30.9. The molecule has 200 valence electrons. The fraction of sp³-hybridized carbons (Fsp3) is 0.276. The van der Waals surface area contributed by atoms with Crippen molar-refractivity contribution in [2.24, 2.45) is 0 Å². The molecule has 1 aliphatic heterocycles. The molecule has 4 aromatic rings. The van der Waals surface area contributed by atoms with Crippen LogP contribution in [0.2, 0.25) is 0 Å². The average molecular weight is 546 g/mol. The molecule has 1 N–H and O–H groups in total. The van der Waals surface area contributed by atoms with Crippen molar-refractivity contribution in [3.63, 3.8) is 0 Å². The first-order valence-electron chi connectivity index (χ1n) is 12.8. The number of benzene rings is 2. The molecule has 3 heterocycles. The minimum Gasteiger partial charge on any atom is -0.457 e. The lowest BCUT2D eigenvalue weighted by Gasteiger charge is -2.19. The van der Waals surface area contributed by atoms with E-state index in [9.17, 15) is 14.0 Å². The van der Waals surface area contributed by atoms with E-state index in [1.54, 1.807) is 34.4 Å².